The van der Waals surface area contributed by atoms with Crippen LogP contribution in [0, 0.1) is 0 Å². The third kappa shape index (κ3) is 15.4. The number of carbonyl (C=O) groups is 3. The predicted octanol–water partition coefficient (Wildman–Crippen LogP) is -13.8. The fourth-order valence-corrected chi connectivity index (χ4v) is 10.1. The first-order valence-electron chi connectivity index (χ1n) is 24.8. The van der Waals surface area contributed by atoms with Crippen molar-refractivity contribution in [2.24, 2.45) is 0 Å². The molecule has 0 radical (unpaired) electrons. The molecule has 0 spiro atoms. The summed E-state index contributed by atoms with van der Waals surface area (Å²) in [6, 6.07) is -5.23. The van der Waals surface area contributed by atoms with Crippen molar-refractivity contribution in [2.75, 3.05) is 39.6 Å². The SMILES string of the molecule is CC(=O)N[C@H]1[C@H](O[C@H]2[C@@H](O)[C@@H](CO)O[C@@H](O[C@H]3[C@@H](O)[C@@H](CO[C@@H]4O[C@H](CO)[C@@H](O)[C@H](O[C@@H]5O[C@H](CO)[C@H](O)[C@H](O)[C@H]5O)[C@H]4NC(C)=O)OC(O)[C@@H]3NC(C)=O)[C@@H]2O)O[C@H](CO)[C@@H](O[C@@H]2O[C@H](COS(=O)(=O)O)[C@H](O)[C@H](O)[C@H]2O)[C@@H]1O. The molecule has 6 rings (SSSR count). The van der Waals surface area contributed by atoms with Crippen LogP contribution in [-0.4, -0.2) is 336 Å². The molecule has 464 valence electrons. The zero-order valence-electron chi connectivity index (χ0n) is 42.5. The second-order valence-corrected chi connectivity index (χ2v) is 20.6. The van der Waals surface area contributed by atoms with E-state index in [9.17, 15) is 105 Å². The second kappa shape index (κ2) is 28.4. The quantitative estimate of drug-likeness (QED) is 0.0475. The summed E-state index contributed by atoms with van der Waals surface area (Å²) in [5.74, 6) is -2.55. The minimum atomic E-state index is -5.13. The standard InChI is InChI=1S/C42H71N3O34S/c1-10(50)43-19-27(58)33(76-41-31(62)29(60)23(54)18(75-41)9-69-80(65,66)67)16(7-49)74-39(19)79-36-25(56)15(6-48)73-42(32(36)63)77-34-20(44-11(2)51)37(64)70-17(26(34)57)8-68-38-21(45-12(3)52)35(24(55)14(5-47)71-38)78-40-30(61)28(59)22(53)13(4-46)72-40/h13-42,46-49,53-64H,4-9H2,1-3H3,(H,43,50)(H,44,51)(H,45,52)(H,65,66,67)/t13-,14-,15-,16-,17-,18-,19-,20-,21-,22+,23+,24-,25+,26+,27-,28+,29+,30-,31-,32-,33-,34-,35-,36+,37?,38-,39+,40+,41+,42+/m1/s1. The van der Waals surface area contributed by atoms with Crippen LogP contribution in [0.25, 0.3) is 0 Å². The Bertz CT molecular complexity index is 2130. The number of hydrogen-bond donors (Lipinski definition) is 20. The van der Waals surface area contributed by atoms with Crippen LogP contribution in [0.5, 0.6) is 0 Å². The van der Waals surface area contributed by atoms with Gasteiger partial charge in [-0.25, -0.2) is 4.18 Å². The zero-order valence-corrected chi connectivity index (χ0v) is 43.3. The van der Waals surface area contributed by atoms with E-state index < -0.39 is 252 Å². The third-order valence-electron chi connectivity index (χ3n) is 13.8. The van der Waals surface area contributed by atoms with Crippen molar-refractivity contribution < 1.29 is 165 Å². The molecule has 6 saturated heterocycles. The predicted molar refractivity (Wildman–Crippen MR) is 244 cm³/mol. The lowest BCUT2D eigenvalue weighted by Crippen LogP contribution is -2.70. The van der Waals surface area contributed by atoms with Crippen LogP contribution >= 0.6 is 0 Å². The van der Waals surface area contributed by atoms with Gasteiger partial charge in [-0.05, 0) is 0 Å². The minimum absolute atomic E-state index is 0.804. The number of hydrogen-bond acceptors (Lipinski definition) is 33. The van der Waals surface area contributed by atoms with Gasteiger partial charge in [-0.2, -0.15) is 8.42 Å². The molecular formula is C42H71N3O34S. The molecule has 0 aliphatic carbocycles. The van der Waals surface area contributed by atoms with E-state index in [0.29, 0.717) is 0 Å². The molecule has 38 heteroatoms. The molecule has 0 aromatic heterocycles. The average molecular weight is 1190 g/mol. The molecule has 6 fully saturated rings. The van der Waals surface area contributed by atoms with Crippen molar-refractivity contribution in [2.45, 2.75) is 205 Å². The Hall–Kier alpha value is -2.80. The summed E-state index contributed by atoms with van der Waals surface area (Å²) in [4.78, 5) is 37.6. The maximum atomic E-state index is 12.6. The number of aliphatic hydroxyl groups excluding tert-OH is 16. The zero-order chi connectivity index (χ0) is 59.4. The Balaban J connectivity index is 1.21. The van der Waals surface area contributed by atoms with Crippen molar-refractivity contribution in [3.05, 3.63) is 0 Å². The number of rotatable bonds is 21. The number of ether oxygens (including phenoxy) is 11. The molecule has 6 aliphatic heterocycles. The molecule has 80 heavy (non-hydrogen) atoms. The van der Waals surface area contributed by atoms with Crippen LogP contribution in [0.4, 0.5) is 0 Å². The van der Waals surface area contributed by atoms with Crippen LogP contribution in [0.15, 0.2) is 0 Å². The largest absolute Gasteiger partial charge is 0.397 e. The topological polar surface area (TPSA) is 576 Å². The van der Waals surface area contributed by atoms with Gasteiger partial charge in [0.05, 0.1) is 39.6 Å². The number of carbonyl (C=O) groups excluding carboxylic acids is 3. The van der Waals surface area contributed by atoms with Gasteiger partial charge in [0.25, 0.3) is 0 Å². The molecule has 30 atom stereocenters. The highest BCUT2D eigenvalue weighted by Crippen LogP contribution is 2.36. The molecule has 0 aromatic rings. The van der Waals surface area contributed by atoms with E-state index >= 15 is 0 Å². The molecule has 1 unspecified atom stereocenters. The van der Waals surface area contributed by atoms with Gasteiger partial charge >= 0.3 is 10.4 Å². The fourth-order valence-electron chi connectivity index (χ4n) is 9.76. The summed E-state index contributed by atoms with van der Waals surface area (Å²) in [6.45, 7) is -3.03. The van der Waals surface area contributed by atoms with Crippen molar-refractivity contribution in [1.29, 1.82) is 0 Å². The van der Waals surface area contributed by atoms with Crippen molar-refractivity contribution >= 4 is 28.1 Å². The van der Waals surface area contributed by atoms with Gasteiger partial charge in [0, 0.05) is 20.8 Å². The molecule has 0 bridgehead atoms. The van der Waals surface area contributed by atoms with E-state index in [2.05, 4.69) is 20.1 Å². The Labute approximate surface area is 453 Å². The molecule has 20 N–H and O–H groups in total. The Morgan fingerprint density at radius 3 is 1.27 bits per heavy atom. The van der Waals surface area contributed by atoms with Gasteiger partial charge in [0.2, 0.25) is 17.7 Å². The molecule has 37 nitrogen and oxygen atoms in total. The third-order valence-corrected chi connectivity index (χ3v) is 14.3. The maximum absolute atomic E-state index is 12.6. The van der Waals surface area contributed by atoms with E-state index in [-0.39, 0.29) is 0 Å². The number of nitrogens with one attached hydrogen (secondary N) is 3. The normalized spacial score (nSPS) is 46.5. The highest BCUT2D eigenvalue weighted by molar-refractivity contribution is 7.80. The molecule has 0 saturated carbocycles. The molecular weight excluding hydrogens is 1120 g/mol. The van der Waals surface area contributed by atoms with E-state index in [1.165, 1.54) is 0 Å². The summed E-state index contributed by atoms with van der Waals surface area (Å²) in [5, 5.41) is 180. The first-order chi connectivity index (χ1) is 37.5. The second-order valence-electron chi connectivity index (χ2n) is 19.5. The summed E-state index contributed by atoms with van der Waals surface area (Å²) in [7, 11) is -5.13. The van der Waals surface area contributed by atoms with Crippen molar-refractivity contribution in [3.8, 4) is 0 Å². The van der Waals surface area contributed by atoms with Gasteiger partial charge in [0.1, 0.15) is 146 Å². The van der Waals surface area contributed by atoms with E-state index in [4.69, 9.17) is 56.7 Å². The summed E-state index contributed by atoms with van der Waals surface area (Å²) < 4.78 is 98.5. The van der Waals surface area contributed by atoms with Crippen LogP contribution in [0.2, 0.25) is 0 Å². The van der Waals surface area contributed by atoms with E-state index in [1.54, 1.807) is 0 Å². The van der Waals surface area contributed by atoms with Gasteiger partial charge in [-0.3, -0.25) is 18.9 Å². The van der Waals surface area contributed by atoms with Crippen LogP contribution < -0.4 is 16.0 Å². The Morgan fingerprint density at radius 2 is 0.762 bits per heavy atom. The smallest absolute Gasteiger partial charge is 0.394 e. The molecule has 3 amide bonds. The summed E-state index contributed by atoms with van der Waals surface area (Å²) in [6.07, 6.45) is -52.7. The van der Waals surface area contributed by atoms with Gasteiger partial charge in [-0.15, -0.1) is 0 Å². The first-order valence-corrected chi connectivity index (χ1v) is 26.1. The lowest BCUT2D eigenvalue weighted by atomic mass is 9.94. The Morgan fingerprint density at radius 1 is 0.388 bits per heavy atom. The highest BCUT2D eigenvalue weighted by atomic mass is 32.3. The highest BCUT2D eigenvalue weighted by Gasteiger charge is 2.57. The van der Waals surface area contributed by atoms with Crippen LogP contribution in [-0.2, 0) is 81.1 Å². The van der Waals surface area contributed by atoms with Crippen LogP contribution in [0.1, 0.15) is 20.8 Å². The lowest BCUT2D eigenvalue weighted by Gasteiger charge is -2.50. The molecule has 6 aliphatic rings. The summed E-state index contributed by atoms with van der Waals surface area (Å²) >= 11 is 0. The monoisotopic (exact) mass is 1190 g/mol. The van der Waals surface area contributed by atoms with Gasteiger partial charge < -0.3 is 150 Å². The van der Waals surface area contributed by atoms with E-state index in [1.807, 2.05) is 0 Å². The number of aliphatic hydroxyl groups is 16. The minimum Gasteiger partial charge on any atom is -0.394 e. The Kier molecular flexibility index (Phi) is 23.5. The number of amides is 3. The van der Waals surface area contributed by atoms with Crippen molar-refractivity contribution in [3.63, 3.8) is 0 Å². The van der Waals surface area contributed by atoms with E-state index in [0.717, 1.165) is 20.8 Å². The average Bonchev–Trinajstić information content (AvgIpc) is 3.52. The van der Waals surface area contributed by atoms with Gasteiger partial charge in [0.15, 0.2) is 37.7 Å². The van der Waals surface area contributed by atoms with Gasteiger partial charge in [-0.1, -0.05) is 0 Å². The first kappa shape index (κ1) is 66.3. The molecule has 0 aromatic carbocycles. The fraction of sp³-hybridized carbons (Fsp3) is 0.929. The molecule has 6 heterocycles. The maximum Gasteiger partial charge on any atom is 0.397 e. The van der Waals surface area contributed by atoms with Crippen LogP contribution in [0.3, 0.4) is 0 Å². The summed E-state index contributed by atoms with van der Waals surface area (Å²) in [5.41, 5.74) is 0. The van der Waals surface area contributed by atoms with Crippen molar-refractivity contribution in [1.82, 2.24) is 16.0 Å². The lowest BCUT2D eigenvalue weighted by molar-refractivity contribution is -0.376.